The van der Waals surface area contributed by atoms with Gasteiger partial charge in [-0.05, 0) is 50.4 Å². The van der Waals surface area contributed by atoms with E-state index in [9.17, 15) is 4.79 Å². The van der Waals surface area contributed by atoms with Crippen LogP contribution < -0.4 is 5.32 Å². The van der Waals surface area contributed by atoms with Gasteiger partial charge in [-0.25, -0.2) is 4.79 Å². The quantitative estimate of drug-likeness (QED) is 0.593. The first kappa shape index (κ1) is 14.6. The highest BCUT2D eigenvalue weighted by Crippen LogP contribution is 2.49. The fourth-order valence-electron chi connectivity index (χ4n) is 3.93. The highest BCUT2D eigenvalue weighted by atomic mass is 16.5. The van der Waals surface area contributed by atoms with Gasteiger partial charge in [0.05, 0.1) is 7.11 Å². The molecule has 0 saturated heterocycles. The van der Waals surface area contributed by atoms with E-state index in [2.05, 4.69) is 12.2 Å². The minimum Gasteiger partial charge on any atom is -0.466 e. The molecule has 0 heterocycles. The SMILES string of the molecule is CCC(=CCNC(C)C1CC2CCC1C2)C(=O)OC. The van der Waals surface area contributed by atoms with Gasteiger partial charge >= 0.3 is 5.97 Å². The lowest BCUT2D eigenvalue weighted by Gasteiger charge is -2.28. The van der Waals surface area contributed by atoms with Crippen LogP contribution in [0, 0.1) is 17.8 Å². The van der Waals surface area contributed by atoms with Gasteiger partial charge in [-0.3, -0.25) is 0 Å². The van der Waals surface area contributed by atoms with Crippen molar-refractivity contribution in [2.24, 2.45) is 17.8 Å². The summed E-state index contributed by atoms with van der Waals surface area (Å²) < 4.78 is 4.77. The van der Waals surface area contributed by atoms with Crippen molar-refractivity contribution >= 4 is 5.97 Å². The molecular formula is C16H27NO2. The van der Waals surface area contributed by atoms with Crippen LogP contribution in [-0.4, -0.2) is 25.7 Å². The predicted octanol–water partition coefficient (Wildman–Crippen LogP) is 2.91. The van der Waals surface area contributed by atoms with Crippen molar-refractivity contribution in [1.29, 1.82) is 0 Å². The maximum Gasteiger partial charge on any atom is 0.333 e. The van der Waals surface area contributed by atoms with Crippen LogP contribution in [0.3, 0.4) is 0 Å². The topological polar surface area (TPSA) is 38.3 Å². The van der Waals surface area contributed by atoms with E-state index in [-0.39, 0.29) is 5.97 Å². The fourth-order valence-corrected chi connectivity index (χ4v) is 3.93. The van der Waals surface area contributed by atoms with Gasteiger partial charge in [-0.1, -0.05) is 19.4 Å². The Morgan fingerprint density at radius 2 is 2.21 bits per heavy atom. The van der Waals surface area contributed by atoms with Crippen molar-refractivity contribution < 1.29 is 9.53 Å². The molecule has 0 spiro atoms. The van der Waals surface area contributed by atoms with Gasteiger partial charge in [0.25, 0.3) is 0 Å². The largest absolute Gasteiger partial charge is 0.466 e. The first-order valence-corrected chi connectivity index (χ1v) is 7.66. The zero-order valence-corrected chi connectivity index (χ0v) is 12.4. The highest BCUT2D eigenvalue weighted by Gasteiger charge is 2.41. The van der Waals surface area contributed by atoms with Crippen LogP contribution >= 0.6 is 0 Å². The number of hydrogen-bond acceptors (Lipinski definition) is 3. The summed E-state index contributed by atoms with van der Waals surface area (Å²) in [5.74, 6) is 2.59. The highest BCUT2D eigenvalue weighted by molar-refractivity contribution is 5.88. The molecule has 108 valence electrons. The molecule has 3 heteroatoms. The number of esters is 1. The molecule has 2 rings (SSSR count). The van der Waals surface area contributed by atoms with Gasteiger partial charge in [-0.15, -0.1) is 0 Å². The first-order chi connectivity index (χ1) is 9.15. The van der Waals surface area contributed by atoms with Crippen molar-refractivity contribution in [3.05, 3.63) is 11.6 Å². The third kappa shape index (κ3) is 3.38. The zero-order valence-electron chi connectivity index (χ0n) is 12.4. The average Bonchev–Trinajstić information content (AvgIpc) is 3.05. The van der Waals surface area contributed by atoms with Crippen molar-refractivity contribution in [1.82, 2.24) is 5.32 Å². The molecule has 0 aromatic carbocycles. The molecule has 2 aliphatic carbocycles. The Hall–Kier alpha value is -0.830. The third-order valence-corrected chi connectivity index (χ3v) is 5.05. The Morgan fingerprint density at radius 3 is 2.74 bits per heavy atom. The van der Waals surface area contributed by atoms with Gasteiger partial charge in [-0.2, -0.15) is 0 Å². The molecule has 1 N–H and O–H groups in total. The molecule has 2 aliphatic rings. The van der Waals surface area contributed by atoms with E-state index in [1.807, 2.05) is 13.0 Å². The Kier molecular flexibility index (Phi) is 5.03. The number of rotatable bonds is 6. The number of nitrogens with one attached hydrogen (secondary N) is 1. The number of carbonyl (C=O) groups is 1. The molecule has 3 nitrogen and oxygen atoms in total. The van der Waals surface area contributed by atoms with Crippen LogP contribution in [0.25, 0.3) is 0 Å². The van der Waals surface area contributed by atoms with Gasteiger partial charge in [0.1, 0.15) is 0 Å². The second-order valence-electron chi connectivity index (χ2n) is 6.11. The van der Waals surface area contributed by atoms with Crippen LogP contribution in [0.2, 0.25) is 0 Å². The lowest BCUT2D eigenvalue weighted by Crippen LogP contribution is -2.36. The average molecular weight is 265 g/mol. The number of carbonyl (C=O) groups excluding carboxylic acids is 1. The van der Waals surface area contributed by atoms with Gasteiger partial charge < -0.3 is 10.1 Å². The molecular weight excluding hydrogens is 238 g/mol. The minimum absolute atomic E-state index is 0.197. The lowest BCUT2D eigenvalue weighted by molar-refractivity contribution is -0.136. The van der Waals surface area contributed by atoms with Gasteiger partial charge in [0, 0.05) is 18.2 Å². The van der Waals surface area contributed by atoms with E-state index < -0.39 is 0 Å². The molecule has 2 fully saturated rings. The molecule has 2 saturated carbocycles. The number of ether oxygens (including phenoxy) is 1. The summed E-state index contributed by atoms with van der Waals surface area (Å²) in [7, 11) is 1.44. The third-order valence-electron chi connectivity index (χ3n) is 5.05. The van der Waals surface area contributed by atoms with Crippen molar-refractivity contribution in [2.75, 3.05) is 13.7 Å². The predicted molar refractivity (Wildman–Crippen MR) is 76.8 cm³/mol. The maximum atomic E-state index is 11.5. The van der Waals surface area contributed by atoms with Crippen LogP contribution in [0.4, 0.5) is 0 Å². The number of hydrogen-bond donors (Lipinski definition) is 1. The first-order valence-electron chi connectivity index (χ1n) is 7.66. The summed E-state index contributed by atoms with van der Waals surface area (Å²) in [6.07, 6.45) is 8.46. The Morgan fingerprint density at radius 1 is 1.42 bits per heavy atom. The molecule has 4 unspecified atom stereocenters. The van der Waals surface area contributed by atoms with Crippen molar-refractivity contribution in [3.8, 4) is 0 Å². The second-order valence-corrected chi connectivity index (χ2v) is 6.11. The minimum atomic E-state index is -0.197. The molecule has 0 aliphatic heterocycles. The molecule has 0 radical (unpaired) electrons. The number of fused-ring (bicyclic) bond motifs is 2. The molecule has 2 bridgehead atoms. The van der Waals surface area contributed by atoms with E-state index in [4.69, 9.17) is 4.74 Å². The van der Waals surface area contributed by atoms with E-state index in [0.717, 1.165) is 36.3 Å². The molecule has 0 amide bonds. The van der Waals surface area contributed by atoms with E-state index in [1.54, 1.807) is 0 Å². The summed E-state index contributed by atoms with van der Waals surface area (Å²) in [6, 6.07) is 0.558. The number of methoxy groups -OCH3 is 1. The Balaban J connectivity index is 1.78. The van der Waals surface area contributed by atoms with Crippen LogP contribution in [0.1, 0.15) is 46.0 Å². The van der Waals surface area contributed by atoms with E-state index in [1.165, 1.54) is 32.8 Å². The van der Waals surface area contributed by atoms with Gasteiger partial charge in [0.2, 0.25) is 0 Å². The Bertz CT molecular complexity index is 351. The van der Waals surface area contributed by atoms with Gasteiger partial charge in [0.15, 0.2) is 0 Å². The summed E-state index contributed by atoms with van der Waals surface area (Å²) in [5, 5.41) is 3.57. The lowest BCUT2D eigenvalue weighted by atomic mass is 9.84. The van der Waals surface area contributed by atoms with Crippen molar-refractivity contribution in [3.63, 3.8) is 0 Å². The zero-order chi connectivity index (χ0) is 13.8. The summed E-state index contributed by atoms with van der Waals surface area (Å²) >= 11 is 0. The van der Waals surface area contributed by atoms with Crippen LogP contribution in [0.15, 0.2) is 11.6 Å². The molecule has 0 aromatic heterocycles. The standard InChI is InChI=1S/C16H27NO2/c1-4-13(16(18)19-3)7-8-17-11(2)15-10-12-5-6-14(15)9-12/h7,11-12,14-15,17H,4-6,8-10H2,1-3H3. The normalized spacial score (nSPS) is 31.5. The fraction of sp³-hybridized carbons (Fsp3) is 0.812. The summed E-state index contributed by atoms with van der Waals surface area (Å²) in [6.45, 7) is 5.05. The molecule has 4 atom stereocenters. The summed E-state index contributed by atoms with van der Waals surface area (Å²) in [4.78, 5) is 11.5. The van der Waals surface area contributed by atoms with E-state index >= 15 is 0 Å². The Labute approximate surface area is 116 Å². The summed E-state index contributed by atoms with van der Waals surface area (Å²) in [5.41, 5.74) is 0.773. The van der Waals surface area contributed by atoms with Crippen molar-refractivity contribution in [2.45, 2.75) is 52.0 Å². The molecule has 19 heavy (non-hydrogen) atoms. The molecule has 0 aromatic rings. The van der Waals surface area contributed by atoms with Crippen LogP contribution in [-0.2, 0) is 9.53 Å². The maximum absolute atomic E-state index is 11.5. The van der Waals surface area contributed by atoms with E-state index in [0.29, 0.717) is 6.04 Å². The monoisotopic (exact) mass is 265 g/mol. The van der Waals surface area contributed by atoms with Crippen LogP contribution in [0.5, 0.6) is 0 Å². The second kappa shape index (κ2) is 6.56. The smallest absolute Gasteiger partial charge is 0.333 e.